The average Bonchev–Trinajstić information content (AvgIpc) is 3.09. The second-order valence-corrected chi connectivity index (χ2v) is 8.85. The molecule has 0 amide bonds. The molecule has 6 nitrogen and oxygen atoms in total. The quantitative estimate of drug-likeness (QED) is 0.256. The number of likely N-dealkylation sites (tertiary alicyclic amines) is 1. The minimum atomic E-state index is 0. The van der Waals surface area contributed by atoms with E-state index in [1.54, 1.807) is 18.4 Å². The maximum absolute atomic E-state index is 5.14. The molecular formula is C19H36IN5OS. The Balaban J connectivity index is 0.00000364. The van der Waals surface area contributed by atoms with Crippen LogP contribution in [0, 0.1) is 0 Å². The van der Waals surface area contributed by atoms with Crippen molar-refractivity contribution in [1.82, 2.24) is 20.5 Å². The van der Waals surface area contributed by atoms with Gasteiger partial charge in [-0.3, -0.25) is 4.99 Å². The third kappa shape index (κ3) is 8.62. The maximum Gasteiger partial charge on any atom is 0.191 e. The van der Waals surface area contributed by atoms with Crippen LogP contribution in [-0.2, 0) is 16.7 Å². The van der Waals surface area contributed by atoms with Crippen molar-refractivity contribution in [1.29, 1.82) is 0 Å². The fourth-order valence-electron chi connectivity index (χ4n) is 3.02. The summed E-state index contributed by atoms with van der Waals surface area (Å²) < 4.78 is 5.14. The zero-order valence-corrected chi connectivity index (χ0v) is 20.5. The van der Waals surface area contributed by atoms with Gasteiger partial charge in [0.1, 0.15) is 5.01 Å². The number of halogens is 1. The highest BCUT2D eigenvalue weighted by Crippen LogP contribution is 2.23. The molecule has 1 aromatic heterocycles. The number of rotatable bonds is 7. The number of aliphatic imine (C=N–C) groups is 1. The zero-order chi connectivity index (χ0) is 19.0. The molecule has 0 atom stereocenters. The first-order chi connectivity index (χ1) is 12.4. The minimum Gasteiger partial charge on any atom is -0.385 e. The van der Waals surface area contributed by atoms with Gasteiger partial charge in [-0.25, -0.2) is 4.98 Å². The molecule has 1 saturated heterocycles. The molecule has 27 heavy (non-hydrogen) atoms. The summed E-state index contributed by atoms with van der Waals surface area (Å²) in [6.45, 7) is 11.6. The lowest BCUT2D eigenvalue weighted by Gasteiger charge is -2.33. The lowest BCUT2D eigenvalue weighted by atomic mass is 9.93. The number of methoxy groups -OCH3 is 1. The highest BCUT2D eigenvalue weighted by molar-refractivity contribution is 14.0. The molecule has 0 aromatic carbocycles. The third-order valence-corrected chi connectivity index (χ3v) is 5.55. The summed E-state index contributed by atoms with van der Waals surface area (Å²) in [5.74, 6) is 0.871. The number of hydrogen-bond acceptors (Lipinski definition) is 5. The van der Waals surface area contributed by atoms with Crippen molar-refractivity contribution in [3.8, 4) is 0 Å². The number of nitrogens with zero attached hydrogens (tertiary/aromatic N) is 3. The van der Waals surface area contributed by atoms with Crippen LogP contribution in [0.25, 0.3) is 0 Å². The Hall–Kier alpha value is -0.450. The van der Waals surface area contributed by atoms with Crippen LogP contribution >= 0.6 is 35.3 Å². The molecule has 1 aromatic rings. The molecule has 2 N–H and O–H groups in total. The summed E-state index contributed by atoms with van der Waals surface area (Å²) in [7, 11) is 3.60. The number of ether oxygens (including phenoxy) is 1. The number of thiazole rings is 1. The Bertz CT molecular complexity index is 565. The normalized spacial score (nSPS) is 16.9. The van der Waals surface area contributed by atoms with E-state index in [4.69, 9.17) is 9.72 Å². The number of guanidine groups is 1. The van der Waals surface area contributed by atoms with Crippen molar-refractivity contribution in [2.75, 3.05) is 40.4 Å². The van der Waals surface area contributed by atoms with Gasteiger partial charge in [0.25, 0.3) is 0 Å². The van der Waals surface area contributed by atoms with Gasteiger partial charge in [0, 0.05) is 57.2 Å². The van der Waals surface area contributed by atoms with Crippen molar-refractivity contribution in [3.63, 3.8) is 0 Å². The summed E-state index contributed by atoms with van der Waals surface area (Å²) in [4.78, 5) is 11.6. The maximum atomic E-state index is 5.14. The summed E-state index contributed by atoms with van der Waals surface area (Å²) >= 11 is 1.71. The fraction of sp³-hybridized carbons (Fsp3) is 0.789. The molecule has 0 spiro atoms. The molecule has 0 saturated carbocycles. The number of hydrogen-bond donors (Lipinski definition) is 2. The Morgan fingerprint density at radius 3 is 2.63 bits per heavy atom. The van der Waals surface area contributed by atoms with Crippen molar-refractivity contribution in [2.45, 2.75) is 58.0 Å². The topological polar surface area (TPSA) is 61.8 Å². The van der Waals surface area contributed by atoms with E-state index in [2.05, 4.69) is 46.7 Å². The summed E-state index contributed by atoms with van der Waals surface area (Å²) in [6, 6.07) is 0.487. The molecule has 1 aliphatic heterocycles. The lowest BCUT2D eigenvalue weighted by molar-refractivity contribution is 0.155. The molecule has 0 aliphatic carbocycles. The van der Waals surface area contributed by atoms with Gasteiger partial charge in [-0.05, 0) is 19.3 Å². The standard InChI is InChI=1S/C19H35N5OS.HI/c1-19(2,3)16-14-26-17(23-16)13-21-18(20-4)22-15-7-10-24(11-8-15)9-6-12-25-5;/h14-15H,6-13H2,1-5H3,(H2,20,21,22);1H. The summed E-state index contributed by atoms with van der Waals surface area (Å²) in [5.41, 5.74) is 1.26. The Labute approximate surface area is 185 Å². The van der Waals surface area contributed by atoms with Gasteiger partial charge < -0.3 is 20.3 Å². The first kappa shape index (κ1) is 24.6. The van der Waals surface area contributed by atoms with Crippen LogP contribution in [0.1, 0.15) is 50.7 Å². The number of piperidine rings is 1. The third-order valence-electron chi connectivity index (χ3n) is 4.70. The highest BCUT2D eigenvalue weighted by Gasteiger charge is 2.20. The van der Waals surface area contributed by atoms with E-state index in [9.17, 15) is 0 Å². The molecule has 156 valence electrons. The van der Waals surface area contributed by atoms with Crippen LogP contribution in [0.5, 0.6) is 0 Å². The molecule has 1 fully saturated rings. The second-order valence-electron chi connectivity index (χ2n) is 7.91. The van der Waals surface area contributed by atoms with Crippen LogP contribution in [0.2, 0.25) is 0 Å². The fourth-order valence-corrected chi connectivity index (χ4v) is 3.98. The van der Waals surface area contributed by atoms with E-state index in [-0.39, 0.29) is 29.4 Å². The van der Waals surface area contributed by atoms with Crippen LogP contribution in [0.3, 0.4) is 0 Å². The van der Waals surface area contributed by atoms with Gasteiger partial charge in [-0.2, -0.15) is 0 Å². The van der Waals surface area contributed by atoms with Gasteiger partial charge in [0.15, 0.2) is 5.96 Å². The van der Waals surface area contributed by atoms with Gasteiger partial charge in [-0.15, -0.1) is 35.3 Å². The Morgan fingerprint density at radius 2 is 2.07 bits per heavy atom. The van der Waals surface area contributed by atoms with E-state index in [1.807, 2.05) is 7.05 Å². The molecule has 0 bridgehead atoms. The Kier molecular flexibility index (Phi) is 11.1. The smallest absolute Gasteiger partial charge is 0.191 e. The monoisotopic (exact) mass is 509 g/mol. The molecule has 2 rings (SSSR count). The van der Waals surface area contributed by atoms with Crippen molar-refractivity contribution in [3.05, 3.63) is 16.1 Å². The van der Waals surface area contributed by atoms with Crippen molar-refractivity contribution < 1.29 is 4.74 Å². The summed E-state index contributed by atoms with van der Waals surface area (Å²) in [5, 5.41) is 10.2. The van der Waals surface area contributed by atoms with Gasteiger partial charge >= 0.3 is 0 Å². The first-order valence-corrected chi connectivity index (χ1v) is 10.4. The lowest BCUT2D eigenvalue weighted by Crippen LogP contribution is -2.48. The van der Waals surface area contributed by atoms with E-state index in [1.165, 1.54) is 0 Å². The molecule has 1 aliphatic rings. The predicted octanol–water partition coefficient (Wildman–Crippen LogP) is 3.22. The van der Waals surface area contributed by atoms with Crippen LogP contribution in [0.4, 0.5) is 0 Å². The second kappa shape index (κ2) is 12.2. The van der Waals surface area contributed by atoms with Crippen LogP contribution in [0.15, 0.2) is 10.4 Å². The SMILES string of the molecule is CN=C(NCc1nc(C(C)(C)C)cs1)NC1CCN(CCCOC)CC1.I. The van der Waals surface area contributed by atoms with Crippen LogP contribution in [-0.4, -0.2) is 62.3 Å². The molecular weight excluding hydrogens is 473 g/mol. The molecule has 0 radical (unpaired) electrons. The van der Waals surface area contributed by atoms with Crippen LogP contribution < -0.4 is 10.6 Å². The zero-order valence-electron chi connectivity index (χ0n) is 17.4. The molecule has 8 heteroatoms. The minimum absolute atomic E-state index is 0. The number of nitrogens with one attached hydrogen (secondary N) is 2. The van der Waals surface area contributed by atoms with Crippen molar-refractivity contribution >= 4 is 41.3 Å². The van der Waals surface area contributed by atoms with Gasteiger partial charge in [-0.1, -0.05) is 20.8 Å². The number of aromatic nitrogens is 1. The van der Waals surface area contributed by atoms with E-state index in [0.717, 1.165) is 68.7 Å². The highest BCUT2D eigenvalue weighted by atomic mass is 127. The van der Waals surface area contributed by atoms with Gasteiger partial charge in [0.2, 0.25) is 0 Å². The van der Waals surface area contributed by atoms with E-state index < -0.39 is 0 Å². The molecule has 2 heterocycles. The summed E-state index contributed by atoms with van der Waals surface area (Å²) in [6.07, 6.45) is 3.42. The van der Waals surface area contributed by atoms with E-state index >= 15 is 0 Å². The molecule has 0 unspecified atom stereocenters. The van der Waals surface area contributed by atoms with Crippen molar-refractivity contribution in [2.24, 2.45) is 4.99 Å². The van der Waals surface area contributed by atoms with E-state index in [0.29, 0.717) is 6.04 Å². The predicted molar refractivity (Wildman–Crippen MR) is 126 cm³/mol. The average molecular weight is 510 g/mol. The van der Waals surface area contributed by atoms with Gasteiger partial charge in [0.05, 0.1) is 12.2 Å². The largest absolute Gasteiger partial charge is 0.385 e. The first-order valence-electron chi connectivity index (χ1n) is 9.55. The Morgan fingerprint density at radius 1 is 1.37 bits per heavy atom.